The third kappa shape index (κ3) is 2.54. The van der Waals surface area contributed by atoms with Gasteiger partial charge in [0, 0.05) is 18.2 Å². The smallest absolute Gasteiger partial charge is 0.0524 e. The zero-order valence-corrected chi connectivity index (χ0v) is 10.5. The van der Waals surface area contributed by atoms with E-state index in [0.29, 0.717) is 6.04 Å². The normalized spacial score (nSPS) is 26.5. The third-order valence-electron chi connectivity index (χ3n) is 4.41. The highest BCUT2D eigenvalue weighted by atomic mass is 15.1. The van der Waals surface area contributed by atoms with Crippen LogP contribution >= 0.6 is 0 Å². The molecule has 0 bridgehead atoms. The summed E-state index contributed by atoms with van der Waals surface area (Å²) in [6, 6.07) is 0.671. The predicted molar refractivity (Wildman–Crippen MR) is 69.1 cm³/mol. The average molecular weight is 233 g/mol. The van der Waals surface area contributed by atoms with Crippen LogP contribution in [0.1, 0.15) is 62.1 Å². The lowest BCUT2D eigenvalue weighted by Crippen LogP contribution is -2.35. The second-order valence-corrected chi connectivity index (χ2v) is 5.64. The van der Waals surface area contributed by atoms with Gasteiger partial charge in [-0.3, -0.25) is 5.10 Å². The van der Waals surface area contributed by atoms with Gasteiger partial charge in [0.05, 0.1) is 6.20 Å². The topological polar surface area (TPSA) is 40.7 Å². The predicted octanol–water partition coefficient (Wildman–Crippen LogP) is 2.75. The Hall–Kier alpha value is -0.830. The van der Waals surface area contributed by atoms with Crippen molar-refractivity contribution in [1.29, 1.82) is 0 Å². The lowest BCUT2D eigenvalue weighted by atomic mass is 9.93. The average Bonchev–Trinajstić information content (AvgIpc) is 3.00. The second kappa shape index (κ2) is 5.21. The van der Waals surface area contributed by atoms with E-state index in [9.17, 15) is 0 Å². The summed E-state index contributed by atoms with van der Waals surface area (Å²) in [6.07, 6.45) is 12.8. The Morgan fingerprint density at radius 2 is 1.94 bits per heavy atom. The van der Waals surface area contributed by atoms with Crippen LogP contribution in [0.15, 0.2) is 6.20 Å². The quantitative estimate of drug-likeness (QED) is 0.843. The number of H-pyrrole nitrogens is 1. The summed E-state index contributed by atoms with van der Waals surface area (Å²) in [5.74, 6) is 0.785. The second-order valence-electron chi connectivity index (χ2n) is 5.64. The van der Waals surface area contributed by atoms with Gasteiger partial charge in [-0.2, -0.15) is 5.10 Å². The highest BCUT2D eigenvalue weighted by Gasteiger charge is 2.23. The molecule has 1 aromatic rings. The van der Waals surface area contributed by atoms with Gasteiger partial charge in [-0.1, -0.05) is 19.3 Å². The first kappa shape index (κ1) is 11.3. The Labute approximate surface area is 103 Å². The van der Waals surface area contributed by atoms with Crippen molar-refractivity contribution in [1.82, 2.24) is 15.5 Å². The van der Waals surface area contributed by atoms with Crippen LogP contribution in [0.25, 0.3) is 0 Å². The molecule has 0 radical (unpaired) electrons. The summed E-state index contributed by atoms with van der Waals surface area (Å²) in [5, 5.41) is 11.1. The van der Waals surface area contributed by atoms with Crippen molar-refractivity contribution >= 4 is 0 Å². The fourth-order valence-electron chi connectivity index (χ4n) is 3.42. The molecule has 17 heavy (non-hydrogen) atoms. The van der Waals surface area contributed by atoms with Gasteiger partial charge < -0.3 is 5.32 Å². The van der Waals surface area contributed by atoms with Crippen molar-refractivity contribution in [2.24, 2.45) is 0 Å². The molecule has 0 amide bonds. The fraction of sp³-hybridized carbons (Fsp3) is 0.786. The number of piperidine rings is 1. The Balaban J connectivity index is 1.67. The van der Waals surface area contributed by atoms with Crippen LogP contribution in [0.4, 0.5) is 0 Å². The fourth-order valence-corrected chi connectivity index (χ4v) is 3.42. The molecule has 0 spiro atoms. The molecule has 2 heterocycles. The van der Waals surface area contributed by atoms with Gasteiger partial charge in [-0.25, -0.2) is 0 Å². The number of aromatic amines is 1. The number of aromatic nitrogens is 2. The van der Waals surface area contributed by atoms with E-state index in [1.165, 1.54) is 62.7 Å². The van der Waals surface area contributed by atoms with Gasteiger partial charge in [0.15, 0.2) is 0 Å². The first-order chi connectivity index (χ1) is 8.43. The van der Waals surface area contributed by atoms with E-state index in [-0.39, 0.29) is 0 Å². The van der Waals surface area contributed by atoms with Crippen molar-refractivity contribution in [3.63, 3.8) is 0 Å². The summed E-state index contributed by atoms with van der Waals surface area (Å²) >= 11 is 0. The first-order valence-electron chi connectivity index (χ1n) is 7.19. The number of nitrogens with zero attached hydrogens (tertiary/aromatic N) is 1. The molecule has 94 valence electrons. The van der Waals surface area contributed by atoms with Crippen molar-refractivity contribution in [2.75, 3.05) is 6.54 Å². The zero-order valence-electron chi connectivity index (χ0n) is 10.5. The van der Waals surface area contributed by atoms with Crippen LogP contribution < -0.4 is 5.32 Å². The minimum atomic E-state index is 0.671. The van der Waals surface area contributed by atoms with Crippen LogP contribution in [-0.2, 0) is 6.42 Å². The molecule has 0 aromatic carbocycles. The third-order valence-corrected chi connectivity index (χ3v) is 4.41. The molecule has 3 nitrogen and oxygen atoms in total. The van der Waals surface area contributed by atoms with Crippen LogP contribution in [0, 0.1) is 0 Å². The van der Waals surface area contributed by atoms with E-state index in [0.717, 1.165) is 12.3 Å². The minimum absolute atomic E-state index is 0.671. The zero-order chi connectivity index (χ0) is 11.5. The van der Waals surface area contributed by atoms with Gasteiger partial charge >= 0.3 is 0 Å². The van der Waals surface area contributed by atoms with Gasteiger partial charge in [-0.15, -0.1) is 0 Å². The highest BCUT2D eigenvalue weighted by Crippen LogP contribution is 2.35. The largest absolute Gasteiger partial charge is 0.314 e. The maximum atomic E-state index is 4.28. The SMILES string of the molecule is c1n[nH]c(CC2CCCCN2)c1C1CCCC1. The van der Waals surface area contributed by atoms with Crippen molar-refractivity contribution < 1.29 is 0 Å². The van der Waals surface area contributed by atoms with Gasteiger partial charge in [0.1, 0.15) is 0 Å². The van der Waals surface area contributed by atoms with E-state index in [1.54, 1.807) is 0 Å². The van der Waals surface area contributed by atoms with Crippen molar-refractivity contribution in [2.45, 2.75) is 63.3 Å². The van der Waals surface area contributed by atoms with E-state index >= 15 is 0 Å². The van der Waals surface area contributed by atoms with Crippen LogP contribution in [0.5, 0.6) is 0 Å². The Kier molecular flexibility index (Phi) is 3.46. The molecule has 2 fully saturated rings. The van der Waals surface area contributed by atoms with Crippen LogP contribution in [0.3, 0.4) is 0 Å². The number of hydrogen-bond donors (Lipinski definition) is 2. The molecule has 1 unspecified atom stereocenters. The Morgan fingerprint density at radius 1 is 1.12 bits per heavy atom. The molecule has 2 N–H and O–H groups in total. The standard InChI is InChI=1S/C14H23N3/c1-2-6-11(5-1)13-10-16-17-14(13)9-12-7-3-4-8-15-12/h10-12,15H,1-9H2,(H,16,17). The summed E-state index contributed by atoms with van der Waals surface area (Å²) in [6.45, 7) is 1.19. The van der Waals surface area contributed by atoms with Crippen LogP contribution in [0.2, 0.25) is 0 Å². The van der Waals surface area contributed by atoms with E-state index < -0.39 is 0 Å². The summed E-state index contributed by atoms with van der Waals surface area (Å²) in [7, 11) is 0. The van der Waals surface area contributed by atoms with Crippen molar-refractivity contribution in [3.8, 4) is 0 Å². The molecule has 3 heteroatoms. The number of rotatable bonds is 3. The Morgan fingerprint density at radius 3 is 2.71 bits per heavy atom. The maximum Gasteiger partial charge on any atom is 0.0524 e. The summed E-state index contributed by atoms with van der Waals surface area (Å²) < 4.78 is 0. The van der Waals surface area contributed by atoms with E-state index in [2.05, 4.69) is 21.7 Å². The number of hydrogen-bond acceptors (Lipinski definition) is 2. The molecule has 1 saturated heterocycles. The molecule has 1 atom stereocenters. The lowest BCUT2D eigenvalue weighted by molar-refractivity contribution is 0.395. The Bertz CT molecular complexity index is 346. The molecular formula is C14H23N3. The lowest BCUT2D eigenvalue weighted by Gasteiger charge is -2.23. The van der Waals surface area contributed by atoms with Crippen LogP contribution in [-0.4, -0.2) is 22.8 Å². The maximum absolute atomic E-state index is 4.28. The summed E-state index contributed by atoms with van der Waals surface area (Å²) in [5.41, 5.74) is 2.91. The molecule has 2 aliphatic rings. The van der Waals surface area contributed by atoms with Crippen molar-refractivity contribution in [3.05, 3.63) is 17.5 Å². The molecule has 3 rings (SSSR count). The molecule has 1 saturated carbocycles. The van der Waals surface area contributed by atoms with E-state index in [1.807, 2.05) is 0 Å². The summed E-state index contributed by atoms with van der Waals surface area (Å²) in [4.78, 5) is 0. The molecule has 1 aromatic heterocycles. The minimum Gasteiger partial charge on any atom is -0.314 e. The molecule has 1 aliphatic carbocycles. The number of nitrogens with one attached hydrogen (secondary N) is 2. The van der Waals surface area contributed by atoms with Gasteiger partial charge in [-0.05, 0) is 43.7 Å². The highest BCUT2D eigenvalue weighted by molar-refractivity contribution is 5.23. The monoisotopic (exact) mass is 233 g/mol. The molecule has 1 aliphatic heterocycles. The van der Waals surface area contributed by atoms with Gasteiger partial charge in [0.2, 0.25) is 0 Å². The van der Waals surface area contributed by atoms with Gasteiger partial charge in [0.25, 0.3) is 0 Å². The first-order valence-corrected chi connectivity index (χ1v) is 7.19. The molecular weight excluding hydrogens is 210 g/mol. The van der Waals surface area contributed by atoms with E-state index in [4.69, 9.17) is 0 Å².